The molecular formula is C46H71NO18. The Labute approximate surface area is 380 Å². The lowest BCUT2D eigenvalue weighted by molar-refractivity contribution is -0.343. The summed E-state index contributed by atoms with van der Waals surface area (Å²) in [6, 6.07) is 7.26. The van der Waals surface area contributed by atoms with E-state index in [0.29, 0.717) is 5.57 Å². The number of alkyl carbamates (subject to hydrolysis) is 1. The molecule has 19 heteroatoms. The molecule has 0 radical (unpaired) electrons. The molecule has 0 spiro atoms. The van der Waals surface area contributed by atoms with Gasteiger partial charge in [-0.2, -0.15) is 0 Å². The summed E-state index contributed by atoms with van der Waals surface area (Å²) in [7, 11) is 3.14. The standard InChI is InChI=1S/C32H40O11.C12H23NO5.2CH4O/c1-16-14-32(38)26(42-27(36)19-11-9-8-10-12-19)24-30(6,20(34)13-21-31(24,15-40-21)43-28(37)39-7)25(35)23(41-18(3)33)22(17(16)2)29(32,4)5;1-11(2,3)8(7(14)9(15)16)13-10(17)18-12(4,5)6;2*1-2/h8-12,16,20-21,23-24,26,34,38H,13-15H2,1-7H3;7-8,14H,1-6H3,(H,13,17)(H,15,16);2*2H,1H3/t16-,20-,21+,23+,24?,26-,30+,31-,32+;7-,8-;;/m01../s1. The molecule has 1 amide bonds. The molecule has 1 aromatic rings. The van der Waals surface area contributed by atoms with Gasteiger partial charge in [0.1, 0.15) is 23.4 Å². The molecule has 1 heterocycles. The number of esters is 2. The number of carbonyl (C=O) groups excluding carboxylic acids is 5. The number of allylic oxidation sites excluding steroid dienone is 1. The molecule has 2 saturated carbocycles. The number of benzene rings is 1. The molecule has 368 valence electrons. The lowest BCUT2D eigenvalue weighted by atomic mass is 9.44. The summed E-state index contributed by atoms with van der Waals surface area (Å²) in [4.78, 5) is 76.3. The van der Waals surface area contributed by atoms with E-state index < -0.39 is 111 Å². The van der Waals surface area contributed by atoms with Gasteiger partial charge in [0.15, 0.2) is 23.6 Å². The molecule has 2 bridgehead atoms. The SMILES string of the molecule is CC(C)(C)OC(=O)N[C@H]([C@@H](O)C(=O)O)C(C)(C)C.CO.CO.COC(=O)O[C@@]12CO[C@@H]1C[C@H](O)[C@@]1(C)C(=O)[C@H](OC(C)=O)C3=C(C)[C@@H](C)C[C@@](O)([C@@H](OC(=O)c4ccccc4)C12)C3(C)C. The van der Waals surface area contributed by atoms with Crippen LogP contribution in [0.2, 0.25) is 0 Å². The summed E-state index contributed by atoms with van der Waals surface area (Å²) in [5, 5.41) is 59.6. The van der Waals surface area contributed by atoms with E-state index in [1.165, 1.54) is 13.8 Å². The fourth-order valence-electron chi connectivity index (χ4n) is 9.44. The Hall–Kier alpha value is -4.66. The van der Waals surface area contributed by atoms with Gasteiger partial charge in [0.05, 0.1) is 42.8 Å². The summed E-state index contributed by atoms with van der Waals surface area (Å²) in [5.41, 5.74) is -6.66. The quantitative estimate of drug-likeness (QED) is 0.116. The van der Waals surface area contributed by atoms with E-state index in [1.54, 1.807) is 85.7 Å². The fraction of sp³-hybridized carbons (Fsp3) is 0.696. The van der Waals surface area contributed by atoms with Gasteiger partial charge in [0, 0.05) is 33.0 Å². The van der Waals surface area contributed by atoms with Crippen LogP contribution >= 0.6 is 0 Å². The number of carboxylic acid groups (broad SMARTS) is 1. The van der Waals surface area contributed by atoms with Crippen LogP contribution in [0.5, 0.6) is 0 Å². The van der Waals surface area contributed by atoms with E-state index >= 15 is 0 Å². The molecule has 1 saturated heterocycles. The first-order valence-electron chi connectivity index (χ1n) is 21.2. The highest BCUT2D eigenvalue weighted by Crippen LogP contribution is 2.64. The third-order valence-corrected chi connectivity index (χ3v) is 12.8. The highest BCUT2D eigenvalue weighted by Gasteiger charge is 2.78. The lowest BCUT2D eigenvalue weighted by Gasteiger charge is -2.67. The van der Waals surface area contributed by atoms with Gasteiger partial charge in [0.25, 0.3) is 0 Å². The van der Waals surface area contributed by atoms with E-state index in [2.05, 4.69) is 5.32 Å². The number of methoxy groups -OCH3 is 1. The summed E-state index contributed by atoms with van der Waals surface area (Å²) in [6.07, 6.45) is -8.80. The van der Waals surface area contributed by atoms with E-state index in [1.807, 2.05) is 13.8 Å². The number of Topliss-reactive ketones (excluding diaryl/α,β-unsaturated/α-hetero) is 1. The van der Waals surface area contributed by atoms with Crippen molar-refractivity contribution in [2.75, 3.05) is 27.9 Å². The summed E-state index contributed by atoms with van der Waals surface area (Å²) >= 11 is 0. The maximum absolute atomic E-state index is 14.9. The molecular weight excluding hydrogens is 854 g/mol. The van der Waals surface area contributed by atoms with Crippen molar-refractivity contribution in [3.05, 3.63) is 47.0 Å². The second-order valence-electron chi connectivity index (χ2n) is 19.4. The van der Waals surface area contributed by atoms with Crippen LogP contribution in [0, 0.1) is 28.1 Å². The summed E-state index contributed by atoms with van der Waals surface area (Å²) in [6.45, 7) is 19.9. The monoisotopic (exact) mass is 925 g/mol. The molecule has 1 aromatic carbocycles. The molecule has 65 heavy (non-hydrogen) atoms. The third kappa shape index (κ3) is 11.3. The van der Waals surface area contributed by atoms with Crippen LogP contribution < -0.4 is 5.32 Å². The van der Waals surface area contributed by atoms with Crippen molar-refractivity contribution in [3.63, 3.8) is 0 Å². The van der Waals surface area contributed by atoms with E-state index in [4.69, 9.17) is 43.7 Å². The number of carboxylic acids is 1. The van der Waals surface area contributed by atoms with Gasteiger partial charge in [-0.05, 0) is 70.1 Å². The van der Waals surface area contributed by atoms with Crippen LogP contribution in [0.25, 0.3) is 0 Å². The highest BCUT2D eigenvalue weighted by atomic mass is 16.8. The molecule has 1 aliphatic heterocycles. The van der Waals surface area contributed by atoms with Crippen molar-refractivity contribution in [2.45, 2.75) is 149 Å². The zero-order valence-corrected chi connectivity index (χ0v) is 40.2. The number of rotatable bonds is 7. The molecule has 3 fully saturated rings. The number of nitrogens with one attached hydrogen (secondary N) is 1. The number of ether oxygens (including phenoxy) is 6. The fourth-order valence-corrected chi connectivity index (χ4v) is 9.44. The van der Waals surface area contributed by atoms with Gasteiger partial charge in [-0.1, -0.05) is 65.3 Å². The van der Waals surface area contributed by atoms with Crippen LogP contribution in [0.4, 0.5) is 9.59 Å². The molecule has 11 atom stereocenters. The molecule has 1 unspecified atom stereocenters. The second kappa shape index (κ2) is 21.3. The topological polar surface area (TPSA) is 291 Å². The normalized spacial score (nSPS) is 30.7. The Kier molecular flexibility index (Phi) is 18.5. The van der Waals surface area contributed by atoms with Crippen LogP contribution in [0.3, 0.4) is 0 Å². The van der Waals surface area contributed by atoms with Crippen molar-refractivity contribution < 1.29 is 87.8 Å². The zero-order valence-electron chi connectivity index (χ0n) is 40.2. The largest absolute Gasteiger partial charge is 0.508 e. The van der Waals surface area contributed by atoms with Crippen LogP contribution in [0.1, 0.15) is 106 Å². The number of aliphatic carboxylic acids is 1. The van der Waals surface area contributed by atoms with Crippen molar-refractivity contribution in [1.29, 1.82) is 0 Å². The van der Waals surface area contributed by atoms with Crippen molar-refractivity contribution in [2.24, 2.45) is 28.1 Å². The second-order valence-corrected chi connectivity index (χ2v) is 19.4. The highest BCUT2D eigenvalue weighted by molar-refractivity contribution is 5.95. The van der Waals surface area contributed by atoms with Crippen molar-refractivity contribution in [3.8, 4) is 0 Å². The maximum Gasteiger partial charge on any atom is 0.508 e. The molecule has 7 N–H and O–H groups in total. The number of ketones is 1. The number of carbonyl (C=O) groups is 6. The first-order valence-corrected chi connectivity index (χ1v) is 21.2. The first kappa shape index (κ1) is 56.5. The van der Waals surface area contributed by atoms with Gasteiger partial charge < -0.3 is 64.4 Å². The minimum Gasteiger partial charge on any atom is -0.479 e. The van der Waals surface area contributed by atoms with E-state index in [0.717, 1.165) is 26.9 Å². The average Bonchev–Trinajstić information content (AvgIpc) is 3.21. The Morgan fingerprint density at radius 1 is 0.938 bits per heavy atom. The number of aliphatic hydroxyl groups is 5. The van der Waals surface area contributed by atoms with Gasteiger partial charge in [0.2, 0.25) is 0 Å². The number of aliphatic hydroxyl groups excluding tert-OH is 4. The molecule has 4 aliphatic rings. The minimum absolute atomic E-state index is 0.0888. The van der Waals surface area contributed by atoms with Crippen LogP contribution in [0.15, 0.2) is 41.5 Å². The minimum atomic E-state index is -1.90. The average molecular weight is 926 g/mol. The number of hydrogen-bond donors (Lipinski definition) is 7. The Balaban J connectivity index is 0.000000557. The van der Waals surface area contributed by atoms with E-state index in [9.17, 15) is 44.1 Å². The van der Waals surface area contributed by atoms with Gasteiger partial charge in [-0.25, -0.2) is 19.2 Å². The van der Waals surface area contributed by atoms with Crippen molar-refractivity contribution >= 4 is 35.9 Å². The lowest BCUT2D eigenvalue weighted by Crippen LogP contribution is -2.81. The summed E-state index contributed by atoms with van der Waals surface area (Å²) < 4.78 is 33.6. The van der Waals surface area contributed by atoms with Crippen LogP contribution in [-0.2, 0) is 42.8 Å². The number of fused-ring (bicyclic) bond motifs is 5. The zero-order chi connectivity index (χ0) is 50.4. The molecule has 0 aromatic heterocycles. The first-order chi connectivity index (χ1) is 29.9. The number of hydrogen-bond acceptors (Lipinski definition) is 17. The van der Waals surface area contributed by atoms with Gasteiger partial charge in [-0.15, -0.1) is 0 Å². The Morgan fingerprint density at radius 3 is 1.94 bits per heavy atom. The van der Waals surface area contributed by atoms with E-state index in [-0.39, 0.29) is 30.9 Å². The predicted octanol–water partition coefficient (Wildman–Crippen LogP) is 3.74. The Morgan fingerprint density at radius 2 is 1.49 bits per heavy atom. The smallest absolute Gasteiger partial charge is 0.479 e. The van der Waals surface area contributed by atoms with Crippen molar-refractivity contribution in [1.82, 2.24) is 5.32 Å². The number of amides is 1. The molecule has 3 aliphatic carbocycles. The molecule has 19 nitrogen and oxygen atoms in total. The van der Waals surface area contributed by atoms with Gasteiger partial charge >= 0.3 is 30.2 Å². The maximum atomic E-state index is 14.9. The van der Waals surface area contributed by atoms with Crippen LogP contribution in [-0.4, -0.2) is 148 Å². The third-order valence-electron chi connectivity index (χ3n) is 12.8. The predicted molar refractivity (Wildman–Crippen MR) is 232 cm³/mol. The summed E-state index contributed by atoms with van der Waals surface area (Å²) in [5.74, 6) is -5.20. The molecule has 5 rings (SSSR count). The Bertz CT molecular complexity index is 1900. The van der Waals surface area contributed by atoms with Gasteiger partial charge in [-0.3, -0.25) is 9.59 Å².